The minimum atomic E-state index is -4.46. The standard InChI is InChI=1S/C18H15F3N2O5/c19-18(20,21)11-1-4-13(5-2-11)28-10-16(24)23-17(25)22-12-3-6-14-15(9-12)27-8-7-26-14/h1-6,9H,7-8,10H2,(H2,22,23,24,25). The fraction of sp³-hybridized carbons (Fsp3) is 0.222. The molecule has 28 heavy (non-hydrogen) atoms. The Hall–Kier alpha value is -3.43. The second-order valence-electron chi connectivity index (χ2n) is 5.67. The molecule has 0 saturated heterocycles. The zero-order valence-electron chi connectivity index (χ0n) is 14.3. The van der Waals surface area contributed by atoms with Gasteiger partial charge < -0.3 is 19.5 Å². The van der Waals surface area contributed by atoms with E-state index in [-0.39, 0.29) is 5.75 Å². The van der Waals surface area contributed by atoms with Gasteiger partial charge in [0.1, 0.15) is 19.0 Å². The lowest BCUT2D eigenvalue weighted by Crippen LogP contribution is -2.37. The molecule has 2 aromatic carbocycles. The molecule has 3 amide bonds. The van der Waals surface area contributed by atoms with Crippen LogP contribution in [0.5, 0.6) is 17.2 Å². The third-order valence-electron chi connectivity index (χ3n) is 3.60. The van der Waals surface area contributed by atoms with Gasteiger partial charge in [-0.1, -0.05) is 0 Å². The van der Waals surface area contributed by atoms with Gasteiger partial charge in [-0.25, -0.2) is 4.79 Å². The number of carbonyl (C=O) groups is 2. The summed E-state index contributed by atoms with van der Waals surface area (Å²) < 4.78 is 53.3. The van der Waals surface area contributed by atoms with Crippen molar-refractivity contribution < 1.29 is 37.0 Å². The van der Waals surface area contributed by atoms with Gasteiger partial charge in [-0.05, 0) is 36.4 Å². The molecule has 0 unspecified atom stereocenters. The summed E-state index contributed by atoms with van der Waals surface area (Å²) in [6, 6.07) is 7.81. The Morgan fingerprint density at radius 1 is 1.00 bits per heavy atom. The number of hydrogen-bond acceptors (Lipinski definition) is 5. The number of carbonyl (C=O) groups excluding carboxylic acids is 2. The number of alkyl halides is 3. The molecule has 0 radical (unpaired) electrons. The van der Waals surface area contributed by atoms with Gasteiger partial charge in [0.05, 0.1) is 5.56 Å². The van der Waals surface area contributed by atoms with E-state index in [0.717, 1.165) is 24.3 Å². The molecule has 2 N–H and O–H groups in total. The Morgan fingerprint density at radius 2 is 1.68 bits per heavy atom. The SMILES string of the molecule is O=C(COc1ccc(C(F)(F)F)cc1)NC(=O)Nc1ccc2c(c1)OCCO2. The number of imide groups is 1. The Kier molecular flexibility index (Phi) is 5.57. The van der Waals surface area contributed by atoms with Crippen LogP contribution in [0.25, 0.3) is 0 Å². The van der Waals surface area contributed by atoms with Crippen LogP contribution in [0, 0.1) is 0 Å². The second kappa shape index (κ2) is 8.07. The molecule has 148 valence electrons. The molecule has 3 rings (SSSR count). The Bertz CT molecular complexity index is 869. The highest BCUT2D eigenvalue weighted by Crippen LogP contribution is 2.32. The number of halogens is 3. The van der Waals surface area contributed by atoms with Gasteiger partial charge in [0.15, 0.2) is 18.1 Å². The van der Waals surface area contributed by atoms with Crippen LogP contribution in [0.4, 0.5) is 23.7 Å². The van der Waals surface area contributed by atoms with Crippen molar-refractivity contribution in [2.45, 2.75) is 6.18 Å². The van der Waals surface area contributed by atoms with E-state index >= 15 is 0 Å². The third-order valence-corrected chi connectivity index (χ3v) is 3.60. The molecular formula is C18H15F3N2O5. The molecule has 2 aromatic rings. The zero-order chi connectivity index (χ0) is 20.1. The second-order valence-corrected chi connectivity index (χ2v) is 5.67. The van der Waals surface area contributed by atoms with Crippen LogP contribution in [0.15, 0.2) is 42.5 Å². The summed E-state index contributed by atoms with van der Waals surface area (Å²) in [5.41, 5.74) is -0.443. The normalized spacial score (nSPS) is 12.8. The smallest absolute Gasteiger partial charge is 0.416 e. The number of rotatable bonds is 4. The van der Waals surface area contributed by atoms with Crippen LogP contribution in [0.2, 0.25) is 0 Å². The molecule has 0 aromatic heterocycles. The lowest BCUT2D eigenvalue weighted by molar-refractivity contribution is -0.137. The summed E-state index contributed by atoms with van der Waals surface area (Å²) in [5.74, 6) is 0.324. The Balaban J connectivity index is 1.47. The monoisotopic (exact) mass is 396 g/mol. The zero-order valence-corrected chi connectivity index (χ0v) is 14.3. The Morgan fingerprint density at radius 3 is 2.36 bits per heavy atom. The van der Waals surface area contributed by atoms with Crippen LogP contribution in [0.3, 0.4) is 0 Å². The van der Waals surface area contributed by atoms with Crippen LogP contribution in [0.1, 0.15) is 5.56 Å². The van der Waals surface area contributed by atoms with E-state index < -0.39 is 30.3 Å². The van der Waals surface area contributed by atoms with E-state index in [2.05, 4.69) is 5.32 Å². The van der Waals surface area contributed by atoms with Crippen molar-refractivity contribution in [1.82, 2.24) is 5.32 Å². The fourth-order valence-corrected chi connectivity index (χ4v) is 2.34. The van der Waals surface area contributed by atoms with Crippen molar-refractivity contribution >= 4 is 17.6 Å². The average Bonchev–Trinajstić information content (AvgIpc) is 2.66. The number of anilines is 1. The van der Waals surface area contributed by atoms with Gasteiger partial charge >= 0.3 is 12.2 Å². The summed E-state index contributed by atoms with van der Waals surface area (Å²) in [7, 11) is 0. The highest BCUT2D eigenvalue weighted by Gasteiger charge is 2.30. The van der Waals surface area contributed by atoms with Gasteiger partial charge in [0.25, 0.3) is 5.91 Å². The first kappa shape index (κ1) is 19.3. The van der Waals surface area contributed by atoms with E-state index in [0.29, 0.717) is 30.4 Å². The van der Waals surface area contributed by atoms with E-state index in [4.69, 9.17) is 14.2 Å². The first-order valence-electron chi connectivity index (χ1n) is 8.12. The van der Waals surface area contributed by atoms with Gasteiger partial charge in [0.2, 0.25) is 0 Å². The van der Waals surface area contributed by atoms with Crippen LogP contribution >= 0.6 is 0 Å². The lowest BCUT2D eigenvalue weighted by atomic mass is 10.2. The van der Waals surface area contributed by atoms with E-state index in [1.165, 1.54) is 0 Å². The molecule has 0 fully saturated rings. The third kappa shape index (κ3) is 5.06. The van der Waals surface area contributed by atoms with E-state index in [9.17, 15) is 22.8 Å². The molecule has 1 heterocycles. The highest BCUT2D eigenvalue weighted by molar-refractivity contribution is 6.01. The number of benzene rings is 2. The number of ether oxygens (including phenoxy) is 3. The lowest BCUT2D eigenvalue weighted by Gasteiger charge is -2.19. The van der Waals surface area contributed by atoms with Crippen molar-refractivity contribution in [3.63, 3.8) is 0 Å². The summed E-state index contributed by atoms with van der Waals surface area (Å²) >= 11 is 0. The molecule has 0 saturated carbocycles. The van der Waals surface area contributed by atoms with Crippen molar-refractivity contribution in [1.29, 1.82) is 0 Å². The first-order chi connectivity index (χ1) is 13.3. The molecule has 1 aliphatic heterocycles. The van der Waals surface area contributed by atoms with Crippen molar-refractivity contribution in [3.8, 4) is 17.2 Å². The largest absolute Gasteiger partial charge is 0.486 e. The summed E-state index contributed by atoms with van der Waals surface area (Å²) in [6.45, 7) is 0.288. The topological polar surface area (TPSA) is 85.9 Å². The molecular weight excluding hydrogens is 381 g/mol. The van der Waals surface area contributed by atoms with Crippen molar-refractivity contribution in [2.24, 2.45) is 0 Å². The minimum absolute atomic E-state index is 0.0652. The van der Waals surface area contributed by atoms with Crippen molar-refractivity contribution in [2.75, 3.05) is 25.1 Å². The maximum atomic E-state index is 12.5. The number of nitrogens with one attached hydrogen (secondary N) is 2. The van der Waals surface area contributed by atoms with Crippen LogP contribution in [-0.2, 0) is 11.0 Å². The summed E-state index contributed by atoms with van der Waals surface area (Å²) in [5, 5.41) is 4.51. The summed E-state index contributed by atoms with van der Waals surface area (Å²) in [4.78, 5) is 23.6. The van der Waals surface area contributed by atoms with Gasteiger partial charge in [-0.2, -0.15) is 13.2 Å². The predicted octanol–water partition coefficient (Wildman–Crippen LogP) is 3.20. The minimum Gasteiger partial charge on any atom is -0.486 e. The van der Waals surface area contributed by atoms with Crippen LogP contribution < -0.4 is 24.8 Å². The van der Waals surface area contributed by atoms with Gasteiger partial charge in [-0.15, -0.1) is 0 Å². The van der Waals surface area contributed by atoms with E-state index in [1.54, 1.807) is 18.2 Å². The van der Waals surface area contributed by atoms with E-state index in [1.807, 2.05) is 5.32 Å². The first-order valence-corrected chi connectivity index (χ1v) is 8.12. The fourth-order valence-electron chi connectivity index (χ4n) is 2.34. The van der Waals surface area contributed by atoms with Gasteiger partial charge in [-0.3, -0.25) is 10.1 Å². The maximum Gasteiger partial charge on any atom is 0.416 e. The molecule has 10 heteroatoms. The molecule has 0 atom stereocenters. The number of hydrogen-bond donors (Lipinski definition) is 2. The predicted molar refractivity (Wildman–Crippen MR) is 91.5 cm³/mol. The van der Waals surface area contributed by atoms with Crippen LogP contribution in [-0.4, -0.2) is 31.8 Å². The number of amides is 3. The average molecular weight is 396 g/mol. The summed E-state index contributed by atoms with van der Waals surface area (Å²) in [6.07, 6.45) is -4.46. The Labute approximate surface area is 157 Å². The number of fused-ring (bicyclic) bond motifs is 1. The molecule has 0 bridgehead atoms. The highest BCUT2D eigenvalue weighted by atomic mass is 19.4. The molecule has 0 aliphatic carbocycles. The van der Waals surface area contributed by atoms with Crippen molar-refractivity contribution in [3.05, 3.63) is 48.0 Å². The molecule has 7 nitrogen and oxygen atoms in total. The van der Waals surface area contributed by atoms with Gasteiger partial charge in [0, 0.05) is 11.8 Å². The quantitative estimate of drug-likeness (QED) is 0.829. The maximum absolute atomic E-state index is 12.5. The number of urea groups is 1. The molecule has 1 aliphatic rings. The molecule has 0 spiro atoms.